The monoisotopic (exact) mass is 302 g/mol. The number of ether oxygens (including phenoxy) is 1. The van der Waals surface area contributed by atoms with Crippen LogP contribution in [-0.2, 0) is 11.3 Å². The van der Waals surface area contributed by atoms with Crippen molar-refractivity contribution in [2.24, 2.45) is 0 Å². The van der Waals surface area contributed by atoms with Gasteiger partial charge in [-0.3, -0.25) is 4.79 Å². The molecule has 3 aromatic rings. The SMILES string of the molecule is COCc1nc2ncccc2c(=O)n1-c1ncccc1Cl. The van der Waals surface area contributed by atoms with Crippen LogP contribution in [0.15, 0.2) is 41.5 Å². The van der Waals surface area contributed by atoms with E-state index < -0.39 is 0 Å². The highest BCUT2D eigenvalue weighted by Gasteiger charge is 2.15. The Morgan fingerprint density at radius 3 is 2.76 bits per heavy atom. The zero-order valence-corrected chi connectivity index (χ0v) is 11.9. The molecule has 0 radical (unpaired) electrons. The first-order valence-electron chi connectivity index (χ1n) is 6.19. The molecule has 0 saturated carbocycles. The van der Waals surface area contributed by atoms with Gasteiger partial charge < -0.3 is 4.74 Å². The summed E-state index contributed by atoms with van der Waals surface area (Å²) >= 11 is 6.15. The second-order valence-corrected chi connectivity index (χ2v) is 4.69. The Labute approximate surface area is 125 Å². The zero-order valence-electron chi connectivity index (χ0n) is 11.2. The first-order valence-corrected chi connectivity index (χ1v) is 6.56. The van der Waals surface area contributed by atoms with Gasteiger partial charge in [0.15, 0.2) is 11.5 Å². The number of halogens is 1. The van der Waals surface area contributed by atoms with Crippen LogP contribution in [-0.4, -0.2) is 26.6 Å². The molecule has 0 saturated heterocycles. The van der Waals surface area contributed by atoms with Gasteiger partial charge in [0.05, 0.1) is 10.4 Å². The summed E-state index contributed by atoms with van der Waals surface area (Å²) in [6.07, 6.45) is 3.15. The molecule has 3 heterocycles. The minimum absolute atomic E-state index is 0.147. The van der Waals surface area contributed by atoms with Gasteiger partial charge in [-0.1, -0.05) is 11.6 Å². The van der Waals surface area contributed by atoms with Crippen LogP contribution in [0.1, 0.15) is 5.82 Å². The van der Waals surface area contributed by atoms with Crippen LogP contribution < -0.4 is 5.56 Å². The highest BCUT2D eigenvalue weighted by Crippen LogP contribution is 2.18. The van der Waals surface area contributed by atoms with E-state index in [1.807, 2.05) is 0 Å². The second-order valence-electron chi connectivity index (χ2n) is 4.29. The van der Waals surface area contributed by atoms with Gasteiger partial charge in [0.25, 0.3) is 5.56 Å². The van der Waals surface area contributed by atoms with Crippen LogP contribution in [0.25, 0.3) is 16.9 Å². The molecule has 0 N–H and O–H groups in total. The molecule has 7 heteroatoms. The summed E-state index contributed by atoms with van der Waals surface area (Å²) in [6.45, 7) is 0.147. The molecule has 0 amide bonds. The molecule has 106 valence electrons. The summed E-state index contributed by atoms with van der Waals surface area (Å²) in [6, 6.07) is 6.72. The van der Waals surface area contributed by atoms with Crippen LogP contribution in [0.2, 0.25) is 5.02 Å². The molecule has 0 aromatic carbocycles. The molecule has 3 rings (SSSR count). The Morgan fingerprint density at radius 1 is 1.24 bits per heavy atom. The molecular weight excluding hydrogens is 292 g/mol. The van der Waals surface area contributed by atoms with Crippen LogP contribution in [0.4, 0.5) is 0 Å². The fourth-order valence-corrected chi connectivity index (χ4v) is 2.26. The van der Waals surface area contributed by atoms with Crippen LogP contribution in [0.5, 0.6) is 0 Å². The number of hydrogen-bond donors (Lipinski definition) is 0. The average Bonchev–Trinajstić information content (AvgIpc) is 2.49. The Hall–Kier alpha value is -2.31. The summed E-state index contributed by atoms with van der Waals surface area (Å²) in [5, 5.41) is 0.765. The summed E-state index contributed by atoms with van der Waals surface area (Å²) < 4.78 is 6.47. The largest absolute Gasteiger partial charge is 0.377 e. The van der Waals surface area contributed by atoms with Gasteiger partial charge in [0.2, 0.25) is 0 Å². The molecule has 3 aromatic heterocycles. The third kappa shape index (κ3) is 2.39. The van der Waals surface area contributed by atoms with Gasteiger partial charge in [0, 0.05) is 19.5 Å². The smallest absolute Gasteiger partial charge is 0.268 e. The maximum Gasteiger partial charge on any atom is 0.268 e. The van der Waals surface area contributed by atoms with E-state index in [1.54, 1.807) is 36.7 Å². The van der Waals surface area contributed by atoms with E-state index in [0.29, 0.717) is 27.7 Å². The van der Waals surface area contributed by atoms with E-state index >= 15 is 0 Å². The molecule has 0 aliphatic carbocycles. The van der Waals surface area contributed by atoms with Crippen molar-refractivity contribution in [2.45, 2.75) is 6.61 Å². The standard InChI is InChI=1S/C14H11ClN4O2/c1-21-8-11-18-12-9(4-2-6-16-12)14(20)19(11)13-10(15)5-3-7-17-13/h2-7H,8H2,1H3. The van der Waals surface area contributed by atoms with Crippen LogP contribution in [0.3, 0.4) is 0 Å². The van der Waals surface area contributed by atoms with Crippen molar-refractivity contribution in [3.63, 3.8) is 0 Å². The number of fused-ring (bicyclic) bond motifs is 1. The molecule has 0 aliphatic rings. The molecule has 0 aliphatic heterocycles. The third-order valence-corrected chi connectivity index (χ3v) is 3.23. The summed E-state index contributed by atoms with van der Waals surface area (Å²) in [5.74, 6) is 0.726. The van der Waals surface area contributed by atoms with Gasteiger partial charge in [-0.05, 0) is 24.3 Å². The quantitative estimate of drug-likeness (QED) is 0.740. The van der Waals surface area contributed by atoms with E-state index in [0.717, 1.165) is 0 Å². The van der Waals surface area contributed by atoms with Crippen molar-refractivity contribution in [3.8, 4) is 5.82 Å². The van der Waals surface area contributed by atoms with Crippen LogP contribution >= 0.6 is 11.6 Å². The van der Waals surface area contributed by atoms with E-state index in [1.165, 1.54) is 11.7 Å². The van der Waals surface area contributed by atoms with Gasteiger partial charge in [-0.25, -0.2) is 19.5 Å². The molecule has 0 atom stereocenters. The lowest BCUT2D eigenvalue weighted by atomic mass is 10.3. The van der Waals surface area contributed by atoms with Gasteiger partial charge in [-0.15, -0.1) is 0 Å². The fourth-order valence-electron chi connectivity index (χ4n) is 2.05. The molecule has 0 bridgehead atoms. The predicted molar refractivity (Wildman–Crippen MR) is 78.7 cm³/mol. The minimum Gasteiger partial charge on any atom is -0.377 e. The lowest BCUT2D eigenvalue weighted by Gasteiger charge is -2.12. The Morgan fingerprint density at radius 2 is 2.00 bits per heavy atom. The van der Waals surface area contributed by atoms with Crippen molar-refractivity contribution in [3.05, 3.63) is 57.9 Å². The van der Waals surface area contributed by atoms with Crippen molar-refractivity contribution >= 4 is 22.6 Å². The number of aromatic nitrogens is 4. The number of methoxy groups -OCH3 is 1. The van der Waals surface area contributed by atoms with E-state index in [2.05, 4.69) is 15.0 Å². The summed E-state index contributed by atoms with van der Waals surface area (Å²) in [7, 11) is 1.53. The number of rotatable bonds is 3. The first-order chi connectivity index (χ1) is 10.2. The Balaban J connectivity index is 2.40. The highest BCUT2D eigenvalue weighted by atomic mass is 35.5. The van der Waals surface area contributed by atoms with Gasteiger partial charge in [0.1, 0.15) is 12.4 Å². The van der Waals surface area contributed by atoms with Crippen molar-refractivity contribution in [2.75, 3.05) is 7.11 Å². The van der Waals surface area contributed by atoms with Crippen molar-refractivity contribution < 1.29 is 4.74 Å². The lowest BCUT2D eigenvalue weighted by molar-refractivity contribution is 0.175. The maximum absolute atomic E-state index is 12.7. The first kappa shape index (κ1) is 13.7. The second kappa shape index (κ2) is 5.59. The van der Waals surface area contributed by atoms with Gasteiger partial charge >= 0.3 is 0 Å². The lowest BCUT2D eigenvalue weighted by Crippen LogP contribution is -2.25. The fraction of sp³-hybridized carbons (Fsp3) is 0.143. The zero-order chi connectivity index (χ0) is 14.8. The molecule has 21 heavy (non-hydrogen) atoms. The number of nitrogens with zero attached hydrogens (tertiary/aromatic N) is 4. The molecule has 0 fully saturated rings. The summed E-state index contributed by atoms with van der Waals surface area (Å²) in [5.41, 5.74) is 0.0959. The Kier molecular flexibility index (Phi) is 3.64. The molecular formula is C14H11ClN4O2. The van der Waals surface area contributed by atoms with Gasteiger partial charge in [-0.2, -0.15) is 0 Å². The maximum atomic E-state index is 12.7. The van der Waals surface area contributed by atoms with E-state index in [-0.39, 0.29) is 12.2 Å². The normalized spacial score (nSPS) is 11.0. The van der Waals surface area contributed by atoms with E-state index in [9.17, 15) is 4.79 Å². The number of pyridine rings is 2. The predicted octanol–water partition coefficient (Wildman–Crippen LogP) is 1.98. The summed E-state index contributed by atoms with van der Waals surface area (Å²) in [4.78, 5) is 25.4. The molecule has 0 unspecified atom stereocenters. The third-order valence-electron chi connectivity index (χ3n) is 2.94. The van der Waals surface area contributed by atoms with Crippen molar-refractivity contribution in [1.29, 1.82) is 0 Å². The Bertz CT molecular complexity index is 863. The van der Waals surface area contributed by atoms with Crippen molar-refractivity contribution in [1.82, 2.24) is 19.5 Å². The highest BCUT2D eigenvalue weighted by molar-refractivity contribution is 6.32. The average molecular weight is 303 g/mol. The topological polar surface area (TPSA) is 69.9 Å². The van der Waals surface area contributed by atoms with E-state index in [4.69, 9.17) is 16.3 Å². The number of hydrogen-bond acceptors (Lipinski definition) is 5. The van der Waals surface area contributed by atoms with Crippen LogP contribution in [0, 0.1) is 0 Å². The minimum atomic E-state index is -0.277. The molecule has 6 nitrogen and oxygen atoms in total. The molecule has 0 spiro atoms.